The van der Waals surface area contributed by atoms with Crippen LogP contribution >= 0.6 is 12.2 Å². The number of aromatic amines is 1. The topological polar surface area (TPSA) is 72.3 Å². The van der Waals surface area contributed by atoms with Crippen molar-refractivity contribution in [3.05, 3.63) is 51.2 Å². The molecule has 1 heterocycles. The molecule has 0 unspecified atom stereocenters. The second kappa shape index (κ2) is 6.76. The summed E-state index contributed by atoms with van der Waals surface area (Å²) in [6.45, 7) is 2.71. The summed E-state index contributed by atoms with van der Waals surface area (Å²) < 4.78 is 6.75. The molecular weight excluding hydrogens is 276 g/mol. The lowest BCUT2D eigenvalue weighted by Crippen LogP contribution is -2.18. The first-order valence-electron chi connectivity index (χ1n) is 6.14. The van der Waals surface area contributed by atoms with Gasteiger partial charge in [-0.3, -0.25) is 9.89 Å². The number of hydrogen-bond donors (Lipinski definition) is 1. The second-order valence-corrected chi connectivity index (χ2v) is 4.38. The van der Waals surface area contributed by atoms with Crippen LogP contribution in [0.4, 0.5) is 0 Å². The van der Waals surface area contributed by atoms with Gasteiger partial charge in [0.1, 0.15) is 11.9 Å². The van der Waals surface area contributed by atoms with Crippen LogP contribution in [-0.4, -0.2) is 27.7 Å². The zero-order valence-corrected chi connectivity index (χ0v) is 11.8. The molecule has 1 aromatic carbocycles. The first-order chi connectivity index (χ1) is 9.70. The largest absolute Gasteiger partial charge is 0.494 e. The molecule has 20 heavy (non-hydrogen) atoms. The van der Waals surface area contributed by atoms with Crippen molar-refractivity contribution < 1.29 is 4.74 Å². The Bertz CT molecular complexity index is 692. The van der Waals surface area contributed by atoms with E-state index in [1.54, 1.807) is 6.21 Å². The van der Waals surface area contributed by atoms with Crippen LogP contribution in [-0.2, 0) is 0 Å². The lowest BCUT2D eigenvalue weighted by Gasteiger charge is -2.04. The highest BCUT2D eigenvalue weighted by atomic mass is 32.1. The van der Waals surface area contributed by atoms with Gasteiger partial charge in [0.2, 0.25) is 4.77 Å². The van der Waals surface area contributed by atoms with Gasteiger partial charge in [0.25, 0.3) is 5.56 Å². The minimum absolute atomic E-state index is 0.145. The highest BCUT2D eigenvalue weighted by Gasteiger charge is 1.97. The van der Waals surface area contributed by atoms with E-state index >= 15 is 0 Å². The van der Waals surface area contributed by atoms with E-state index in [-0.39, 0.29) is 10.3 Å². The fourth-order valence-electron chi connectivity index (χ4n) is 1.48. The highest BCUT2D eigenvalue weighted by Crippen LogP contribution is 2.12. The van der Waals surface area contributed by atoms with Gasteiger partial charge >= 0.3 is 0 Å². The zero-order chi connectivity index (χ0) is 14.4. The third-order valence-electron chi connectivity index (χ3n) is 2.39. The molecule has 2 rings (SSSR count). The smallest absolute Gasteiger partial charge is 0.293 e. The quantitative estimate of drug-likeness (QED) is 0.675. The van der Waals surface area contributed by atoms with Crippen molar-refractivity contribution in [3.8, 4) is 5.75 Å². The van der Waals surface area contributed by atoms with Gasteiger partial charge in [0, 0.05) is 0 Å². The van der Waals surface area contributed by atoms with Gasteiger partial charge in [-0.15, -0.1) is 0 Å². The van der Waals surface area contributed by atoms with Crippen molar-refractivity contribution in [2.24, 2.45) is 5.10 Å². The molecule has 0 fully saturated rings. The van der Waals surface area contributed by atoms with E-state index in [4.69, 9.17) is 17.0 Å². The molecule has 0 aliphatic carbocycles. The van der Waals surface area contributed by atoms with Crippen molar-refractivity contribution in [1.29, 1.82) is 0 Å². The van der Waals surface area contributed by atoms with E-state index in [2.05, 4.69) is 15.3 Å². The van der Waals surface area contributed by atoms with Crippen LogP contribution in [0.1, 0.15) is 18.9 Å². The van der Waals surface area contributed by atoms with Crippen LogP contribution in [0.3, 0.4) is 0 Å². The van der Waals surface area contributed by atoms with Crippen molar-refractivity contribution >= 4 is 18.4 Å². The molecule has 6 nitrogen and oxygen atoms in total. The summed E-state index contributed by atoms with van der Waals surface area (Å²) >= 11 is 4.94. The van der Waals surface area contributed by atoms with Crippen LogP contribution in [0.2, 0.25) is 0 Å². The van der Waals surface area contributed by atoms with Crippen molar-refractivity contribution in [2.75, 3.05) is 6.61 Å². The fraction of sp³-hybridized carbons (Fsp3) is 0.231. The van der Waals surface area contributed by atoms with Crippen LogP contribution < -0.4 is 10.3 Å². The summed E-state index contributed by atoms with van der Waals surface area (Å²) in [5.41, 5.74) is 0.431. The lowest BCUT2D eigenvalue weighted by molar-refractivity contribution is 0.317. The van der Waals surface area contributed by atoms with Crippen LogP contribution in [0.25, 0.3) is 0 Å². The van der Waals surface area contributed by atoms with Gasteiger partial charge < -0.3 is 4.74 Å². The van der Waals surface area contributed by atoms with Crippen LogP contribution in [0.5, 0.6) is 5.75 Å². The Kier molecular flexibility index (Phi) is 4.78. The highest BCUT2D eigenvalue weighted by molar-refractivity contribution is 7.71. The number of nitrogens with one attached hydrogen (secondary N) is 1. The minimum atomic E-state index is -0.386. The number of aromatic nitrogens is 3. The Morgan fingerprint density at radius 3 is 3.15 bits per heavy atom. The van der Waals surface area contributed by atoms with E-state index in [9.17, 15) is 4.79 Å². The van der Waals surface area contributed by atoms with E-state index in [0.717, 1.165) is 28.6 Å². The molecule has 0 saturated heterocycles. The molecule has 0 aliphatic heterocycles. The van der Waals surface area contributed by atoms with E-state index in [0.29, 0.717) is 6.61 Å². The maximum atomic E-state index is 11.5. The molecule has 1 N–H and O–H groups in total. The van der Waals surface area contributed by atoms with Gasteiger partial charge in [0.15, 0.2) is 0 Å². The maximum Gasteiger partial charge on any atom is 0.293 e. The van der Waals surface area contributed by atoms with Crippen molar-refractivity contribution in [1.82, 2.24) is 14.9 Å². The number of H-pyrrole nitrogens is 1. The standard InChI is InChI=1S/C13H14N4O2S/c1-2-6-19-11-5-3-4-10(7-11)8-15-17-12(18)9-14-16-13(17)20/h3-5,7-9H,2,6H2,1H3,(H,16,20). The Balaban J connectivity index is 2.23. The molecule has 0 radical (unpaired) electrons. The van der Waals surface area contributed by atoms with E-state index in [1.807, 2.05) is 31.2 Å². The summed E-state index contributed by atoms with van der Waals surface area (Å²) in [4.78, 5) is 11.5. The number of rotatable bonds is 5. The minimum Gasteiger partial charge on any atom is -0.494 e. The summed E-state index contributed by atoms with van der Waals surface area (Å²) in [6.07, 6.45) is 3.61. The second-order valence-electron chi connectivity index (χ2n) is 3.99. The Morgan fingerprint density at radius 1 is 1.55 bits per heavy atom. The summed E-state index contributed by atoms with van der Waals surface area (Å²) in [5.74, 6) is 0.767. The molecule has 104 valence electrons. The lowest BCUT2D eigenvalue weighted by atomic mass is 10.2. The predicted molar refractivity (Wildman–Crippen MR) is 78.9 cm³/mol. The molecule has 0 bridgehead atoms. The number of benzene rings is 1. The maximum absolute atomic E-state index is 11.5. The third kappa shape index (κ3) is 3.61. The molecule has 0 spiro atoms. The molecule has 0 aliphatic rings. The molecule has 0 atom stereocenters. The number of nitrogens with zero attached hydrogens (tertiary/aromatic N) is 3. The van der Waals surface area contributed by atoms with Crippen molar-refractivity contribution in [2.45, 2.75) is 13.3 Å². The van der Waals surface area contributed by atoms with E-state index in [1.165, 1.54) is 0 Å². The Labute approximate surface area is 120 Å². The first kappa shape index (κ1) is 14.1. The van der Waals surface area contributed by atoms with Gasteiger partial charge in [-0.2, -0.15) is 14.9 Å². The molecular formula is C13H14N4O2S. The first-order valence-corrected chi connectivity index (χ1v) is 6.55. The predicted octanol–water partition coefficient (Wildman–Crippen LogP) is 1.97. The summed E-state index contributed by atoms with van der Waals surface area (Å²) in [6, 6.07) is 7.44. The van der Waals surface area contributed by atoms with Crippen LogP contribution in [0, 0.1) is 4.77 Å². The number of ether oxygens (including phenoxy) is 1. The van der Waals surface area contributed by atoms with Gasteiger partial charge in [-0.25, -0.2) is 0 Å². The monoisotopic (exact) mass is 290 g/mol. The third-order valence-corrected chi connectivity index (χ3v) is 2.65. The fourth-order valence-corrected chi connectivity index (χ4v) is 1.67. The summed E-state index contributed by atoms with van der Waals surface area (Å²) in [5, 5.41) is 10.1. The van der Waals surface area contributed by atoms with Crippen molar-refractivity contribution in [3.63, 3.8) is 0 Å². The molecule has 2 aromatic rings. The average molecular weight is 290 g/mol. The average Bonchev–Trinajstić information content (AvgIpc) is 2.45. The molecule has 0 amide bonds. The van der Waals surface area contributed by atoms with Gasteiger partial charge in [-0.05, 0) is 36.3 Å². The number of hydrogen-bond acceptors (Lipinski definition) is 5. The molecule has 7 heteroatoms. The van der Waals surface area contributed by atoms with Gasteiger partial charge in [-0.1, -0.05) is 19.1 Å². The molecule has 1 aromatic heterocycles. The van der Waals surface area contributed by atoms with Gasteiger partial charge in [0.05, 0.1) is 12.8 Å². The Hall–Kier alpha value is -2.28. The van der Waals surface area contributed by atoms with Crippen LogP contribution in [0.15, 0.2) is 40.4 Å². The Morgan fingerprint density at radius 2 is 2.40 bits per heavy atom. The summed E-state index contributed by atoms with van der Waals surface area (Å²) in [7, 11) is 0. The van der Waals surface area contributed by atoms with E-state index < -0.39 is 0 Å². The SMILES string of the molecule is CCCOc1cccc(C=Nn2c(=O)cn[nH]c2=S)c1. The zero-order valence-electron chi connectivity index (χ0n) is 10.9. The normalized spacial score (nSPS) is 10.8. The molecule has 0 saturated carbocycles.